The van der Waals surface area contributed by atoms with Gasteiger partial charge in [-0.1, -0.05) is 24.6 Å². The smallest absolute Gasteiger partial charge is 0.256 e. The van der Waals surface area contributed by atoms with Gasteiger partial charge in [-0.05, 0) is 30.7 Å². The molecule has 0 spiro atoms. The van der Waals surface area contributed by atoms with Crippen LogP contribution in [0, 0.1) is 11.6 Å². The maximum atomic E-state index is 14.7. The third-order valence-electron chi connectivity index (χ3n) is 3.71. The first-order valence-electron chi connectivity index (χ1n) is 7.68. The molecule has 26 heavy (non-hydrogen) atoms. The largest absolute Gasteiger partial charge is 0.453 e. The van der Waals surface area contributed by atoms with Crippen LogP contribution in [0.25, 0.3) is 0 Å². The molecule has 0 bridgehead atoms. The summed E-state index contributed by atoms with van der Waals surface area (Å²) in [7, 11) is 3.00. The van der Waals surface area contributed by atoms with Crippen molar-refractivity contribution < 1.29 is 18.3 Å². The summed E-state index contributed by atoms with van der Waals surface area (Å²) >= 11 is 6.03. The number of carbonyl (C=O) groups is 1. The molecule has 2 rings (SSSR count). The predicted octanol–water partition coefficient (Wildman–Crippen LogP) is 4.94. The fourth-order valence-corrected chi connectivity index (χ4v) is 2.42. The number of benzene rings is 2. The molecule has 0 radical (unpaired) electrons. The number of nitrogens with zero attached hydrogens (tertiary/aromatic N) is 1. The molecular weight excluding hydrogens is 385 g/mol. The molecule has 1 atom stereocenters. The Labute approximate surface area is 162 Å². The summed E-state index contributed by atoms with van der Waals surface area (Å²) < 4.78 is 34.1. The molecular formula is C18H20Cl2F2N2O2. The predicted molar refractivity (Wildman–Crippen MR) is 100 cm³/mol. The highest BCUT2D eigenvalue weighted by Gasteiger charge is 2.20. The van der Waals surface area contributed by atoms with E-state index in [0.717, 1.165) is 6.07 Å². The molecule has 0 unspecified atom stereocenters. The Morgan fingerprint density at radius 2 is 1.92 bits per heavy atom. The Kier molecular flexibility index (Phi) is 7.81. The molecule has 2 aromatic carbocycles. The number of nitrogens with two attached hydrogens (primary N) is 1. The molecule has 0 aliphatic carbocycles. The highest BCUT2D eigenvalue weighted by atomic mass is 35.5. The fourth-order valence-electron chi connectivity index (χ4n) is 2.24. The van der Waals surface area contributed by atoms with Gasteiger partial charge in [0.05, 0.1) is 10.6 Å². The van der Waals surface area contributed by atoms with Crippen LogP contribution in [0.5, 0.6) is 11.5 Å². The van der Waals surface area contributed by atoms with Crippen molar-refractivity contribution in [1.82, 2.24) is 4.90 Å². The summed E-state index contributed by atoms with van der Waals surface area (Å²) in [5, 5.41) is 0.0503. The van der Waals surface area contributed by atoms with Gasteiger partial charge >= 0.3 is 0 Å². The average Bonchev–Trinajstić information content (AvgIpc) is 2.58. The van der Waals surface area contributed by atoms with Crippen LogP contribution in [0.4, 0.5) is 8.78 Å². The molecule has 0 saturated heterocycles. The first-order chi connectivity index (χ1) is 11.8. The van der Waals surface area contributed by atoms with Gasteiger partial charge in [-0.3, -0.25) is 4.79 Å². The second-order valence-corrected chi connectivity index (χ2v) is 6.14. The Bertz CT molecular complexity index is 801. The molecule has 0 fully saturated rings. The highest BCUT2D eigenvalue weighted by molar-refractivity contribution is 6.32. The van der Waals surface area contributed by atoms with Crippen molar-refractivity contribution in [3.05, 3.63) is 58.1 Å². The van der Waals surface area contributed by atoms with Gasteiger partial charge in [0.2, 0.25) is 0 Å². The number of hydrogen-bond donors (Lipinski definition) is 1. The van der Waals surface area contributed by atoms with Gasteiger partial charge < -0.3 is 15.4 Å². The summed E-state index contributed by atoms with van der Waals surface area (Å²) in [4.78, 5) is 13.2. The number of hydrogen-bond acceptors (Lipinski definition) is 3. The number of carbonyl (C=O) groups excluding carboxylic acids is 1. The topological polar surface area (TPSA) is 55.6 Å². The van der Waals surface area contributed by atoms with Crippen molar-refractivity contribution in [3.8, 4) is 11.5 Å². The van der Waals surface area contributed by atoms with E-state index in [2.05, 4.69) is 0 Å². The average molecular weight is 405 g/mol. The molecule has 1 amide bonds. The quantitative estimate of drug-likeness (QED) is 0.767. The first kappa shape index (κ1) is 22.2. The first-order valence-corrected chi connectivity index (χ1v) is 8.06. The van der Waals surface area contributed by atoms with Gasteiger partial charge in [0, 0.05) is 25.7 Å². The second-order valence-electron chi connectivity index (χ2n) is 5.74. The third-order valence-corrected chi connectivity index (χ3v) is 4.01. The van der Waals surface area contributed by atoms with Crippen molar-refractivity contribution in [1.29, 1.82) is 0 Å². The summed E-state index contributed by atoms with van der Waals surface area (Å²) in [6, 6.07) is 6.08. The van der Waals surface area contributed by atoms with Crippen molar-refractivity contribution in [3.63, 3.8) is 0 Å². The Balaban J connectivity index is 0.00000338. The highest BCUT2D eigenvalue weighted by Crippen LogP contribution is 2.36. The lowest BCUT2D eigenvalue weighted by Gasteiger charge is -2.16. The van der Waals surface area contributed by atoms with E-state index in [0.29, 0.717) is 6.42 Å². The van der Waals surface area contributed by atoms with Gasteiger partial charge in [0.1, 0.15) is 11.6 Å². The van der Waals surface area contributed by atoms with E-state index in [9.17, 15) is 13.6 Å². The van der Waals surface area contributed by atoms with Crippen molar-refractivity contribution in [2.45, 2.75) is 19.4 Å². The van der Waals surface area contributed by atoms with Crippen LogP contribution in [0.3, 0.4) is 0 Å². The summed E-state index contributed by atoms with van der Waals surface area (Å²) in [5.41, 5.74) is 5.98. The third kappa shape index (κ3) is 4.63. The molecule has 0 saturated carbocycles. The summed E-state index contributed by atoms with van der Waals surface area (Å²) in [5.74, 6) is -2.02. The van der Waals surface area contributed by atoms with E-state index in [1.165, 1.54) is 43.3 Å². The molecule has 2 N–H and O–H groups in total. The number of ether oxygens (including phenoxy) is 1. The minimum atomic E-state index is -0.695. The van der Waals surface area contributed by atoms with Gasteiger partial charge in [-0.15, -0.1) is 12.4 Å². The lowest BCUT2D eigenvalue weighted by atomic mass is 10.0. The second kappa shape index (κ2) is 9.16. The van der Waals surface area contributed by atoms with Crippen LogP contribution in [0.1, 0.15) is 35.3 Å². The van der Waals surface area contributed by atoms with Gasteiger partial charge in [-0.25, -0.2) is 8.78 Å². The summed E-state index contributed by atoms with van der Waals surface area (Å²) in [6.07, 6.45) is 0.538. The number of rotatable bonds is 5. The Morgan fingerprint density at radius 1 is 1.27 bits per heavy atom. The normalized spacial score (nSPS) is 11.5. The van der Waals surface area contributed by atoms with Gasteiger partial charge in [0.25, 0.3) is 5.91 Å². The summed E-state index contributed by atoms with van der Waals surface area (Å²) in [6.45, 7) is 1.83. The van der Waals surface area contributed by atoms with Crippen molar-refractivity contribution in [2.75, 3.05) is 14.1 Å². The van der Waals surface area contributed by atoms with E-state index in [-0.39, 0.29) is 40.1 Å². The zero-order valence-corrected chi connectivity index (χ0v) is 16.1. The molecule has 0 heterocycles. The van der Waals surface area contributed by atoms with E-state index in [1.807, 2.05) is 6.92 Å². The number of amides is 1. The minimum absolute atomic E-state index is 0. The maximum Gasteiger partial charge on any atom is 0.256 e. The SMILES string of the molecule is CC[C@@H](N)c1ccc(Cl)c(Oc2ccc(F)c(C(=O)N(C)C)c2)c1F.Cl. The monoisotopic (exact) mass is 404 g/mol. The van der Waals surface area contributed by atoms with Crippen LogP contribution in [0.2, 0.25) is 5.02 Å². The molecule has 8 heteroatoms. The fraction of sp³-hybridized carbons (Fsp3) is 0.278. The van der Waals surface area contributed by atoms with E-state index < -0.39 is 23.6 Å². The van der Waals surface area contributed by atoms with Crippen LogP contribution in [-0.4, -0.2) is 24.9 Å². The van der Waals surface area contributed by atoms with Gasteiger partial charge in [0.15, 0.2) is 11.6 Å². The van der Waals surface area contributed by atoms with Crippen molar-refractivity contribution >= 4 is 29.9 Å². The lowest BCUT2D eigenvalue weighted by molar-refractivity contribution is 0.0822. The van der Waals surface area contributed by atoms with Gasteiger partial charge in [-0.2, -0.15) is 0 Å². The maximum absolute atomic E-state index is 14.7. The molecule has 4 nitrogen and oxygen atoms in total. The number of halogens is 4. The van der Waals surface area contributed by atoms with E-state index >= 15 is 0 Å². The molecule has 142 valence electrons. The molecule has 0 aromatic heterocycles. The van der Waals surface area contributed by atoms with Crippen LogP contribution < -0.4 is 10.5 Å². The lowest BCUT2D eigenvalue weighted by Crippen LogP contribution is -2.22. The van der Waals surface area contributed by atoms with Crippen LogP contribution in [-0.2, 0) is 0 Å². The Hall–Kier alpha value is -1.89. The van der Waals surface area contributed by atoms with Crippen LogP contribution in [0.15, 0.2) is 30.3 Å². The van der Waals surface area contributed by atoms with E-state index in [1.54, 1.807) is 0 Å². The molecule has 0 aliphatic heterocycles. The van der Waals surface area contributed by atoms with Crippen molar-refractivity contribution in [2.24, 2.45) is 5.73 Å². The van der Waals surface area contributed by atoms with Crippen LogP contribution >= 0.6 is 24.0 Å². The molecule has 0 aliphatic rings. The Morgan fingerprint density at radius 3 is 2.50 bits per heavy atom. The van der Waals surface area contributed by atoms with E-state index in [4.69, 9.17) is 22.1 Å². The molecule has 2 aromatic rings. The zero-order chi connectivity index (χ0) is 18.7. The minimum Gasteiger partial charge on any atom is -0.453 e. The standard InChI is InChI=1S/C18H19ClF2N2O2.ClH/c1-4-15(22)11-6-7-13(19)17(16(11)21)25-10-5-8-14(20)12(9-10)18(24)23(2)3;/h5-9,15H,4,22H2,1-3H3;1H/t15-;/m1./s1. The zero-order valence-electron chi connectivity index (χ0n) is 14.6.